The molecule has 1 aromatic rings. The van der Waals surface area contributed by atoms with Crippen LogP contribution in [0.2, 0.25) is 0 Å². The number of aryl methyl sites for hydroxylation is 1. The molecule has 1 amide bonds. The van der Waals surface area contributed by atoms with E-state index in [2.05, 4.69) is 5.32 Å². The summed E-state index contributed by atoms with van der Waals surface area (Å²) in [6.45, 7) is 7.19. The zero-order chi connectivity index (χ0) is 14.1. The average Bonchev–Trinajstić information content (AvgIpc) is 2.41. The van der Waals surface area contributed by atoms with Gasteiger partial charge in [-0.25, -0.2) is 4.39 Å². The minimum absolute atomic E-state index is 0.138. The van der Waals surface area contributed by atoms with Gasteiger partial charge < -0.3 is 10.4 Å². The molecule has 1 aromatic carbocycles. The molecule has 0 fully saturated rings. The second-order valence-corrected chi connectivity index (χ2v) is 3.66. The van der Waals surface area contributed by atoms with Gasteiger partial charge >= 0.3 is 0 Å². The normalized spacial score (nSPS) is 11.2. The predicted octanol–water partition coefficient (Wildman–Crippen LogP) is 2.72. The van der Waals surface area contributed by atoms with E-state index in [4.69, 9.17) is 0 Å². The standard InChI is InChI=1S/C12H16FNO2.C2H6/c1-3-12(16)14-11(7-15)9-4-5-10(13)8(2)6-9;1-2/h4-6,11,15H,3,7H2,1-2H3,(H,14,16);1-2H3. The number of hydrogen-bond acceptors (Lipinski definition) is 2. The van der Waals surface area contributed by atoms with Crippen LogP contribution in [0.1, 0.15) is 44.4 Å². The van der Waals surface area contributed by atoms with Crippen molar-refractivity contribution in [2.45, 2.75) is 40.2 Å². The number of carbonyl (C=O) groups excluding carboxylic acids is 1. The zero-order valence-electron chi connectivity index (χ0n) is 11.5. The Morgan fingerprint density at radius 3 is 2.50 bits per heavy atom. The lowest BCUT2D eigenvalue weighted by Crippen LogP contribution is -2.30. The van der Waals surface area contributed by atoms with Gasteiger partial charge in [-0.1, -0.05) is 32.9 Å². The zero-order valence-corrected chi connectivity index (χ0v) is 11.5. The van der Waals surface area contributed by atoms with Gasteiger partial charge in [-0.2, -0.15) is 0 Å². The molecular weight excluding hydrogens is 233 g/mol. The Bertz CT molecular complexity index is 380. The van der Waals surface area contributed by atoms with Crippen LogP contribution in [0.25, 0.3) is 0 Å². The van der Waals surface area contributed by atoms with Crippen LogP contribution in [-0.4, -0.2) is 17.6 Å². The molecule has 102 valence electrons. The van der Waals surface area contributed by atoms with Crippen LogP contribution in [0.15, 0.2) is 18.2 Å². The predicted molar refractivity (Wildman–Crippen MR) is 70.7 cm³/mol. The van der Waals surface area contributed by atoms with E-state index in [1.54, 1.807) is 26.0 Å². The van der Waals surface area contributed by atoms with Crippen LogP contribution in [0.4, 0.5) is 4.39 Å². The van der Waals surface area contributed by atoms with Crippen LogP contribution in [0, 0.1) is 12.7 Å². The lowest BCUT2D eigenvalue weighted by molar-refractivity contribution is -0.121. The minimum atomic E-state index is -0.466. The van der Waals surface area contributed by atoms with Crippen molar-refractivity contribution in [3.8, 4) is 0 Å². The molecule has 18 heavy (non-hydrogen) atoms. The Hall–Kier alpha value is -1.42. The molecule has 3 nitrogen and oxygen atoms in total. The average molecular weight is 255 g/mol. The summed E-state index contributed by atoms with van der Waals surface area (Å²) in [4.78, 5) is 11.2. The number of aliphatic hydroxyl groups is 1. The molecule has 1 unspecified atom stereocenters. The van der Waals surface area contributed by atoms with E-state index < -0.39 is 6.04 Å². The summed E-state index contributed by atoms with van der Waals surface area (Å²) in [6, 6.07) is 4.07. The van der Waals surface area contributed by atoms with Gasteiger partial charge in [0.05, 0.1) is 12.6 Å². The van der Waals surface area contributed by atoms with Gasteiger partial charge in [0.1, 0.15) is 5.82 Å². The van der Waals surface area contributed by atoms with Crippen molar-refractivity contribution >= 4 is 5.91 Å². The maximum atomic E-state index is 13.0. The molecular formula is C14H22FNO2. The first kappa shape index (κ1) is 16.6. The smallest absolute Gasteiger partial charge is 0.220 e. The molecule has 1 rings (SSSR count). The summed E-state index contributed by atoms with van der Waals surface area (Å²) in [7, 11) is 0. The van der Waals surface area contributed by atoms with Crippen LogP contribution >= 0.6 is 0 Å². The van der Waals surface area contributed by atoms with Gasteiger partial charge in [-0.3, -0.25) is 4.79 Å². The van der Waals surface area contributed by atoms with Crippen LogP contribution in [-0.2, 0) is 4.79 Å². The van der Waals surface area contributed by atoms with Crippen molar-refractivity contribution in [1.82, 2.24) is 5.32 Å². The Labute approximate surface area is 108 Å². The third-order valence-electron chi connectivity index (χ3n) is 2.42. The number of carbonyl (C=O) groups is 1. The topological polar surface area (TPSA) is 49.3 Å². The maximum absolute atomic E-state index is 13.0. The van der Waals surface area contributed by atoms with Crippen molar-refractivity contribution in [2.24, 2.45) is 0 Å². The fourth-order valence-corrected chi connectivity index (χ4v) is 1.42. The van der Waals surface area contributed by atoms with Gasteiger partial charge in [-0.15, -0.1) is 0 Å². The highest BCUT2D eigenvalue weighted by Crippen LogP contribution is 2.16. The van der Waals surface area contributed by atoms with Gasteiger partial charge in [-0.05, 0) is 24.1 Å². The Morgan fingerprint density at radius 1 is 1.44 bits per heavy atom. The van der Waals surface area contributed by atoms with Crippen LogP contribution < -0.4 is 5.32 Å². The van der Waals surface area contributed by atoms with Crippen molar-refractivity contribution < 1.29 is 14.3 Å². The van der Waals surface area contributed by atoms with E-state index in [-0.39, 0.29) is 18.3 Å². The first-order valence-corrected chi connectivity index (χ1v) is 6.24. The van der Waals surface area contributed by atoms with Gasteiger partial charge in [0.2, 0.25) is 5.91 Å². The molecule has 0 radical (unpaired) electrons. The van der Waals surface area contributed by atoms with Gasteiger partial charge in [0.25, 0.3) is 0 Å². The molecule has 0 aromatic heterocycles. The largest absolute Gasteiger partial charge is 0.394 e. The van der Waals surface area contributed by atoms with Crippen molar-refractivity contribution in [3.05, 3.63) is 35.1 Å². The van der Waals surface area contributed by atoms with E-state index in [1.807, 2.05) is 13.8 Å². The first-order chi connectivity index (χ1) is 8.58. The Kier molecular flexibility index (Phi) is 7.96. The van der Waals surface area contributed by atoms with Crippen molar-refractivity contribution in [1.29, 1.82) is 0 Å². The molecule has 2 N–H and O–H groups in total. The lowest BCUT2D eigenvalue weighted by atomic mass is 10.0. The summed E-state index contributed by atoms with van der Waals surface area (Å²) in [5.41, 5.74) is 1.21. The van der Waals surface area contributed by atoms with E-state index in [9.17, 15) is 14.3 Å². The molecule has 0 saturated heterocycles. The number of amides is 1. The molecule has 0 aliphatic carbocycles. The fourth-order valence-electron chi connectivity index (χ4n) is 1.42. The SMILES string of the molecule is CC.CCC(=O)NC(CO)c1ccc(F)c(C)c1. The highest BCUT2D eigenvalue weighted by atomic mass is 19.1. The fraction of sp³-hybridized carbons (Fsp3) is 0.500. The third kappa shape index (κ3) is 4.84. The monoisotopic (exact) mass is 255 g/mol. The second-order valence-electron chi connectivity index (χ2n) is 3.66. The lowest BCUT2D eigenvalue weighted by Gasteiger charge is -2.16. The molecule has 0 aliphatic heterocycles. The van der Waals surface area contributed by atoms with E-state index in [0.717, 1.165) is 0 Å². The summed E-state index contributed by atoms with van der Waals surface area (Å²) >= 11 is 0. The van der Waals surface area contributed by atoms with Crippen molar-refractivity contribution in [2.75, 3.05) is 6.61 Å². The number of rotatable bonds is 4. The number of nitrogens with one attached hydrogen (secondary N) is 1. The summed E-state index contributed by atoms with van der Waals surface area (Å²) in [6.07, 6.45) is 0.358. The summed E-state index contributed by atoms with van der Waals surface area (Å²) < 4.78 is 13.0. The molecule has 0 aliphatic rings. The third-order valence-corrected chi connectivity index (χ3v) is 2.42. The molecule has 0 heterocycles. The maximum Gasteiger partial charge on any atom is 0.220 e. The molecule has 0 bridgehead atoms. The quantitative estimate of drug-likeness (QED) is 0.869. The molecule has 0 spiro atoms. The molecule has 0 saturated carbocycles. The Morgan fingerprint density at radius 2 is 2.06 bits per heavy atom. The van der Waals surface area contributed by atoms with Crippen molar-refractivity contribution in [3.63, 3.8) is 0 Å². The van der Waals surface area contributed by atoms with Gasteiger partial charge in [0, 0.05) is 6.42 Å². The van der Waals surface area contributed by atoms with E-state index >= 15 is 0 Å². The second kappa shape index (κ2) is 8.64. The molecule has 1 atom stereocenters. The summed E-state index contributed by atoms with van der Waals surface area (Å²) in [5, 5.41) is 11.8. The van der Waals surface area contributed by atoms with Gasteiger partial charge in [0.15, 0.2) is 0 Å². The Balaban J connectivity index is 0.00000137. The first-order valence-electron chi connectivity index (χ1n) is 6.24. The summed E-state index contributed by atoms with van der Waals surface area (Å²) in [5.74, 6) is -0.428. The molecule has 4 heteroatoms. The highest BCUT2D eigenvalue weighted by Gasteiger charge is 2.13. The van der Waals surface area contributed by atoms with Crippen LogP contribution in [0.3, 0.4) is 0 Å². The number of benzene rings is 1. The highest BCUT2D eigenvalue weighted by molar-refractivity contribution is 5.76. The van der Waals surface area contributed by atoms with E-state index in [0.29, 0.717) is 17.5 Å². The minimum Gasteiger partial charge on any atom is -0.394 e. The number of aliphatic hydroxyl groups excluding tert-OH is 1. The number of halogens is 1. The van der Waals surface area contributed by atoms with Crippen LogP contribution in [0.5, 0.6) is 0 Å². The number of hydrogen-bond donors (Lipinski definition) is 2. The van der Waals surface area contributed by atoms with E-state index in [1.165, 1.54) is 6.07 Å².